The Labute approximate surface area is 117 Å². The van der Waals surface area contributed by atoms with Gasteiger partial charge in [0.2, 0.25) is 0 Å². The molecule has 0 radical (unpaired) electrons. The third-order valence-corrected chi connectivity index (χ3v) is 2.88. The first kappa shape index (κ1) is 13.4. The zero-order chi connectivity index (χ0) is 15.0. The molecule has 0 fully saturated rings. The summed E-state index contributed by atoms with van der Waals surface area (Å²) in [5.74, 6) is -0.260. The van der Waals surface area contributed by atoms with Gasteiger partial charge in [0.25, 0.3) is 0 Å². The van der Waals surface area contributed by atoms with Crippen LogP contribution in [0.3, 0.4) is 0 Å². The number of rotatable bonds is 2. The van der Waals surface area contributed by atoms with Crippen LogP contribution in [0.15, 0.2) is 42.6 Å². The van der Waals surface area contributed by atoms with E-state index >= 15 is 0 Å². The maximum atomic E-state index is 12.1. The highest BCUT2D eigenvalue weighted by molar-refractivity contribution is 5.63. The average Bonchev–Trinajstić information content (AvgIpc) is 2.81. The van der Waals surface area contributed by atoms with Crippen LogP contribution in [0.2, 0.25) is 0 Å². The summed E-state index contributed by atoms with van der Waals surface area (Å²) in [6, 6.07) is 9.26. The first-order chi connectivity index (χ1) is 9.92. The summed E-state index contributed by atoms with van der Waals surface area (Å²) in [6.45, 7) is 1.85. The zero-order valence-corrected chi connectivity index (χ0v) is 10.9. The van der Waals surface area contributed by atoms with Crippen molar-refractivity contribution in [1.29, 1.82) is 0 Å². The molecule has 3 rings (SSSR count). The van der Waals surface area contributed by atoms with Gasteiger partial charge in [0, 0.05) is 5.56 Å². The molecule has 3 aromatic rings. The van der Waals surface area contributed by atoms with Crippen LogP contribution in [0.4, 0.5) is 13.2 Å². The predicted molar refractivity (Wildman–Crippen MR) is 69.8 cm³/mol. The minimum Gasteiger partial charge on any atom is -0.406 e. The second-order valence-electron chi connectivity index (χ2n) is 4.46. The SMILES string of the molecule is Cc1ccc2ncc(-c3ccc(OC(F)(F)F)cc3)n2n1. The third-order valence-electron chi connectivity index (χ3n) is 2.88. The molecule has 0 saturated carbocycles. The molecule has 0 unspecified atom stereocenters. The van der Waals surface area contributed by atoms with Crippen LogP contribution in [0.5, 0.6) is 5.75 Å². The fourth-order valence-electron chi connectivity index (χ4n) is 1.99. The molecule has 0 aliphatic rings. The highest BCUT2D eigenvalue weighted by Gasteiger charge is 2.31. The van der Waals surface area contributed by atoms with E-state index in [1.165, 1.54) is 24.3 Å². The Bertz CT molecular complexity index is 778. The number of halogens is 3. The van der Waals surface area contributed by atoms with Crippen molar-refractivity contribution in [2.24, 2.45) is 0 Å². The van der Waals surface area contributed by atoms with Crippen molar-refractivity contribution < 1.29 is 17.9 Å². The van der Waals surface area contributed by atoms with E-state index in [0.717, 1.165) is 5.69 Å². The molecule has 0 amide bonds. The van der Waals surface area contributed by atoms with Crippen LogP contribution in [0.25, 0.3) is 16.9 Å². The van der Waals surface area contributed by atoms with Gasteiger partial charge in [0.15, 0.2) is 5.65 Å². The van der Waals surface area contributed by atoms with Gasteiger partial charge in [-0.2, -0.15) is 5.10 Å². The Hall–Kier alpha value is -2.57. The highest BCUT2D eigenvalue weighted by atomic mass is 19.4. The largest absolute Gasteiger partial charge is 0.573 e. The van der Waals surface area contributed by atoms with Gasteiger partial charge in [0.1, 0.15) is 5.75 Å². The standard InChI is InChI=1S/C14H10F3N3O/c1-9-2-7-13-18-8-12(20(13)19-9)10-3-5-11(6-4-10)21-14(15,16)17/h2-8H,1H3. The molecule has 2 aromatic heterocycles. The van der Waals surface area contributed by atoms with Crippen LogP contribution in [-0.2, 0) is 0 Å². The van der Waals surface area contributed by atoms with E-state index in [2.05, 4.69) is 14.8 Å². The topological polar surface area (TPSA) is 39.4 Å². The van der Waals surface area contributed by atoms with E-state index in [4.69, 9.17) is 0 Å². The molecule has 0 saturated heterocycles. The maximum absolute atomic E-state index is 12.1. The van der Waals surface area contributed by atoms with Gasteiger partial charge in [-0.1, -0.05) is 0 Å². The van der Waals surface area contributed by atoms with Crippen molar-refractivity contribution in [2.45, 2.75) is 13.3 Å². The molecule has 4 nitrogen and oxygen atoms in total. The van der Waals surface area contributed by atoms with E-state index in [9.17, 15) is 13.2 Å². The molecule has 7 heteroatoms. The summed E-state index contributed by atoms with van der Waals surface area (Å²) in [6.07, 6.45) is -3.06. The quantitative estimate of drug-likeness (QED) is 0.724. The summed E-state index contributed by atoms with van der Waals surface area (Å²) in [4.78, 5) is 4.21. The fourth-order valence-corrected chi connectivity index (χ4v) is 1.99. The lowest BCUT2D eigenvalue weighted by Crippen LogP contribution is -2.16. The highest BCUT2D eigenvalue weighted by Crippen LogP contribution is 2.26. The number of hydrogen-bond donors (Lipinski definition) is 0. The number of ether oxygens (including phenoxy) is 1. The summed E-state index contributed by atoms with van der Waals surface area (Å²) >= 11 is 0. The Kier molecular flexibility index (Phi) is 3.04. The number of benzene rings is 1. The van der Waals surface area contributed by atoms with Crippen molar-refractivity contribution >= 4 is 5.65 Å². The van der Waals surface area contributed by atoms with Crippen LogP contribution < -0.4 is 4.74 Å². The first-order valence-electron chi connectivity index (χ1n) is 6.10. The number of nitrogens with zero attached hydrogens (tertiary/aromatic N) is 3. The van der Waals surface area contributed by atoms with E-state index < -0.39 is 6.36 Å². The van der Waals surface area contributed by atoms with Crippen molar-refractivity contribution in [1.82, 2.24) is 14.6 Å². The lowest BCUT2D eigenvalue weighted by atomic mass is 10.1. The van der Waals surface area contributed by atoms with Crippen molar-refractivity contribution in [2.75, 3.05) is 0 Å². The van der Waals surface area contributed by atoms with Gasteiger partial charge in [-0.05, 0) is 43.3 Å². The minimum atomic E-state index is -4.69. The molecule has 0 aliphatic heterocycles. The summed E-state index contributed by atoms with van der Waals surface area (Å²) in [5, 5.41) is 4.34. The predicted octanol–water partition coefficient (Wildman–Crippen LogP) is 3.60. The normalized spacial score (nSPS) is 11.8. The minimum absolute atomic E-state index is 0.260. The lowest BCUT2D eigenvalue weighted by molar-refractivity contribution is -0.274. The summed E-state index contributed by atoms with van der Waals surface area (Å²) < 4.78 is 41.9. The van der Waals surface area contributed by atoms with Gasteiger partial charge in [-0.15, -0.1) is 13.2 Å². The average molecular weight is 293 g/mol. The molecular weight excluding hydrogens is 283 g/mol. The van der Waals surface area contributed by atoms with E-state index in [-0.39, 0.29) is 5.75 Å². The molecule has 0 N–H and O–H groups in total. The third kappa shape index (κ3) is 2.81. The van der Waals surface area contributed by atoms with Gasteiger partial charge < -0.3 is 4.74 Å². The Morgan fingerprint density at radius 2 is 1.76 bits per heavy atom. The van der Waals surface area contributed by atoms with E-state index in [0.29, 0.717) is 16.9 Å². The molecule has 108 valence electrons. The molecular formula is C14H10F3N3O. The van der Waals surface area contributed by atoms with Crippen molar-refractivity contribution in [3.8, 4) is 17.0 Å². The number of imidazole rings is 1. The maximum Gasteiger partial charge on any atom is 0.573 e. The van der Waals surface area contributed by atoms with E-state index in [1.807, 2.05) is 19.1 Å². The Morgan fingerprint density at radius 1 is 1.05 bits per heavy atom. The van der Waals surface area contributed by atoms with Crippen molar-refractivity contribution in [3.63, 3.8) is 0 Å². The van der Waals surface area contributed by atoms with Crippen LogP contribution >= 0.6 is 0 Å². The number of aryl methyl sites for hydroxylation is 1. The first-order valence-corrected chi connectivity index (χ1v) is 6.10. The molecule has 0 aliphatic carbocycles. The molecule has 21 heavy (non-hydrogen) atoms. The molecule has 0 bridgehead atoms. The fraction of sp³-hybridized carbons (Fsp3) is 0.143. The smallest absolute Gasteiger partial charge is 0.406 e. The molecule has 0 spiro atoms. The van der Waals surface area contributed by atoms with Crippen molar-refractivity contribution in [3.05, 3.63) is 48.3 Å². The second-order valence-corrected chi connectivity index (χ2v) is 4.46. The monoisotopic (exact) mass is 293 g/mol. The summed E-state index contributed by atoms with van der Waals surface area (Å²) in [5.41, 5.74) is 2.90. The van der Waals surface area contributed by atoms with Gasteiger partial charge in [0.05, 0.1) is 17.6 Å². The van der Waals surface area contributed by atoms with E-state index in [1.54, 1.807) is 10.7 Å². The summed E-state index contributed by atoms with van der Waals surface area (Å²) in [7, 11) is 0. The van der Waals surface area contributed by atoms with Crippen LogP contribution in [-0.4, -0.2) is 21.0 Å². The molecule has 2 heterocycles. The molecule has 0 atom stereocenters. The Morgan fingerprint density at radius 3 is 2.43 bits per heavy atom. The second kappa shape index (κ2) is 4.76. The number of alkyl halides is 3. The van der Waals surface area contributed by atoms with Gasteiger partial charge >= 0.3 is 6.36 Å². The molecule has 1 aromatic carbocycles. The van der Waals surface area contributed by atoms with Crippen LogP contribution in [0.1, 0.15) is 5.69 Å². The lowest BCUT2D eigenvalue weighted by Gasteiger charge is -2.09. The number of aromatic nitrogens is 3. The Balaban J connectivity index is 1.97. The number of hydrogen-bond acceptors (Lipinski definition) is 3. The zero-order valence-electron chi connectivity index (χ0n) is 10.9. The van der Waals surface area contributed by atoms with Gasteiger partial charge in [-0.3, -0.25) is 0 Å². The number of fused-ring (bicyclic) bond motifs is 1. The van der Waals surface area contributed by atoms with Crippen LogP contribution in [0, 0.1) is 6.92 Å². The van der Waals surface area contributed by atoms with Gasteiger partial charge in [-0.25, -0.2) is 9.50 Å².